The first-order valence-electron chi connectivity index (χ1n) is 4.87. The van der Waals surface area contributed by atoms with Gasteiger partial charge in [0.15, 0.2) is 5.82 Å². The molecule has 1 aromatic rings. The van der Waals surface area contributed by atoms with E-state index in [0.717, 1.165) is 5.82 Å². The molecule has 0 bridgehead atoms. The number of hydrogen-bond donors (Lipinski definition) is 1. The maximum absolute atomic E-state index is 10.3. The molecule has 2 rings (SSSR count). The summed E-state index contributed by atoms with van der Waals surface area (Å²) in [5, 5.41) is 12.7. The number of aliphatic carboxylic acids is 1. The fraction of sp³-hybridized carbons (Fsp3) is 0.667. The lowest BCUT2D eigenvalue weighted by atomic mass is 9.85. The SMILES string of the molecule is O=C(O)CCn1cnc(C2CCC2)n1. The van der Waals surface area contributed by atoms with Gasteiger partial charge in [-0.25, -0.2) is 4.98 Å². The number of carbonyl (C=O) groups is 1. The molecule has 1 aromatic heterocycles. The topological polar surface area (TPSA) is 68.0 Å². The molecular weight excluding hydrogens is 182 g/mol. The monoisotopic (exact) mass is 195 g/mol. The molecule has 0 amide bonds. The highest BCUT2D eigenvalue weighted by Gasteiger charge is 2.23. The van der Waals surface area contributed by atoms with Crippen LogP contribution in [0.15, 0.2) is 6.33 Å². The molecule has 1 N–H and O–H groups in total. The molecule has 76 valence electrons. The van der Waals surface area contributed by atoms with Crippen molar-refractivity contribution in [2.45, 2.75) is 38.1 Å². The number of carboxylic acids is 1. The summed E-state index contributed by atoms with van der Waals surface area (Å²) in [4.78, 5) is 14.5. The van der Waals surface area contributed by atoms with Crippen LogP contribution < -0.4 is 0 Å². The lowest BCUT2D eigenvalue weighted by Crippen LogP contribution is -2.11. The van der Waals surface area contributed by atoms with Crippen LogP contribution in [0.1, 0.15) is 37.4 Å². The summed E-state index contributed by atoms with van der Waals surface area (Å²) >= 11 is 0. The van der Waals surface area contributed by atoms with Crippen LogP contribution in [-0.2, 0) is 11.3 Å². The Kier molecular flexibility index (Phi) is 2.47. The molecule has 14 heavy (non-hydrogen) atoms. The van der Waals surface area contributed by atoms with Crippen molar-refractivity contribution in [3.63, 3.8) is 0 Å². The zero-order valence-electron chi connectivity index (χ0n) is 7.89. The largest absolute Gasteiger partial charge is 0.481 e. The molecule has 0 saturated heterocycles. The molecule has 5 heteroatoms. The maximum atomic E-state index is 10.3. The lowest BCUT2D eigenvalue weighted by molar-refractivity contribution is -0.137. The Hall–Kier alpha value is -1.39. The van der Waals surface area contributed by atoms with Crippen molar-refractivity contribution >= 4 is 5.97 Å². The van der Waals surface area contributed by atoms with Crippen LogP contribution in [0, 0.1) is 0 Å². The van der Waals surface area contributed by atoms with Gasteiger partial charge in [0.1, 0.15) is 6.33 Å². The van der Waals surface area contributed by atoms with Crippen LogP contribution in [0.25, 0.3) is 0 Å². The average molecular weight is 195 g/mol. The number of aromatic nitrogens is 3. The third-order valence-electron chi connectivity index (χ3n) is 2.58. The van der Waals surface area contributed by atoms with Crippen molar-refractivity contribution in [1.29, 1.82) is 0 Å². The van der Waals surface area contributed by atoms with Crippen LogP contribution in [0.2, 0.25) is 0 Å². The van der Waals surface area contributed by atoms with E-state index in [1.807, 2.05) is 0 Å². The molecule has 0 unspecified atom stereocenters. The van der Waals surface area contributed by atoms with E-state index in [1.54, 1.807) is 11.0 Å². The van der Waals surface area contributed by atoms with E-state index < -0.39 is 5.97 Å². The highest BCUT2D eigenvalue weighted by atomic mass is 16.4. The summed E-state index contributed by atoms with van der Waals surface area (Å²) in [6, 6.07) is 0. The number of nitrogens with zero attached hydrogens (tertiary/aromatic N) is 3. The minimum absolute atomic E-state index is 0.105. The van der Waals surface area contributed by atoms with Crippen molar-refractivity contribution in [3.05, 3.63) is 12.2 Å². The van der Waals surface area contributed by atoms with E-state index >= 15 is 0 Å². The number of aryl methyl sites for hydroxylation is 1. The van der Waals surface area contributed by atoms with Crippen LogP contribution in [0.5, 0.6) is 0 Å². The average Bonchev–Trinajstić information content (AvgIpc) is 2.46. The molecular formula is C9H13N3O2. The minimum Gasteiger partial charge on any atom is -0.481 e. The fourth-order valence-electron chi connectivity index (χ4n) is 1.48. The summed E-state index contributed by atoms with van der Waals surface area (Å²) in [7, 11) is 0. The first kappa shape index (κ1) is 9.18. The van der Waals surface area contributed by atoms with Gasteiger partial charge in [-0.05, 0) is 12.8 Å². The van der Waals surface area contributed by atoms with Crippen molar-refractivity contribution < 1.29 is 9.90 Å². The van der Waals surface area contributed by atoms with E-state index in [1.165, 1.54) is 19.3 Å². The minimum atomic E-state index is -0.800. The first-order valence-corrected chi connectivity index (χ1v) is 4.87. The fourth-order valence-corrected chi connectivity index (χ4v) is 1.48. The zero-order chi connectivity index (χ0) is 9.97. The molecule has 0 spiro atoms. The molecule has 1 fully saturated rings. The van der Waals surface area contributed by atoms with Crippen LogP contribution >= 0.6 is 0 Å². The quantitative estimate of drug-likeness (QED) is 0.778. The second-order valence-electron chi connectivity index (χ2n) is 3.64. The predicted molar refractivity (Wildman–Crippen MR) is 48.9 cm³/mol. The third-order valence-corrected chi connectivity index (χ3v) is 2.58. The number of rotatable bonds is 4. The molecule has 1 heterocycles. The first-order chi connectivity index (χ1) is 6.75. The number of hydrogen-bond acceptors (Lipinski definition) is 3. The van der Waals surface area contributed by atoms with Crippen LogP contribution in [0.3, 0.4) is 0 Å². The van der Waals surface area contributed by atoms with Crippen molar-refractivity contribution in [2.24, 2.45) is 0 Å². The van der Waals surface area contributed by atoms with Crippen molar-refractivity contribution in [3.8, 4) is 0 Å². The smallest absolute Gasteiger partial charge is 0.305 e. The molecule has 0 aromatic carbocycles. The van der Waals surface area contributed by atoms with Crippen LogP contribution in [0.4, 0.5) is 0 Å². The van der Waals surface area contributed by atoms with Gasteiger partial charge in [0.05, 0.1) is 13.0 Å². The van der Waals surface area contributed by atoms with Gasteiger partial charge < -0.3 is 5.11 Å². The van der Waals surface area contributed by atoms with E-state index in [0.29, 0.717) is 12.5 Å². The van der Waals surface area contributed by atoms with E-state index in [4.69, 9.17) is 5.11 Å². The van der Waals surface area contributed by atoms with E-state index in [-0.39, 0.29) is 6.42 Å². The summed E-state index contributed by atoms with van der Waals surface area (Å²) < 4.78 is 1.61. The van der Waals surface area contributed by atoms with Gasteiger partial charge in [-0.2, -0.15) is 5.10 Å². The van der Waals surface area contributed by atoms with Gasteiger partial charge in [-0.15, -0.1) is 0 Å². The van der Waals surface area contributed by atoms with E-state index in [9.17, 15) is 4.79 Å². The second kappa shape index (κ2) is 3.77. The second-order valence-corrected chi connectivity index (χ2v) is 3.64. The Morgan fingerprint density at radius 3 is 3.00 bits per heavy atom. The third kappa shape index (κ3) is 1.92. The van der Waals surface area contributed by atoms with Gasteiger partial charge >= 0.3 is 5.97 Å². The van der Waals surface area contributed by atoms with Gasteiger partial charge in [-0.3, -0.25) is 9.48 Å². The van der Waals surface area contributed by atoms with Crippen molar-refractivity contribution in [1.82, 2.24) is 14.8 Å². The Balaban J connectivity index is 1.92. The number of carboxylic acid groups (broad SMARTS) is 1. The van der Waals surface area contributed by atoms with Gasteiger partial charge in [0.25, 0.3) is 0 Å². The molecule has 1 saturated carbocycles. The highest BCUT2D eigenvalue weighted by Crippen LogP contribution is 2.33. The van der Waals surface area contributed by atoms with Gasteiger partial charge in [-0.1, -0.05) is 6.42 Å². The lowest BCUT2D eigenvalue weighted by Gasteiger charge is -2.21. The molecule has 0 atom stereocenters. The Bertz CT molecular complexity index is 331. The Labute approximate surface area is 81.8 Å². The van der Waals surface area contributed by atoms with Gasteiger partial charge in [0, 0.05) is 5.92 Å². The zero-order valence-corrected chi connectivity index (χ0v) is 7.89. The van der Waals surface area contributed by atoms with Crippen LogP contribution in [-0.4, -0.2) is 25.8 Å². The summed E-state index contributed by atoms with van der Waals surface area (Å²) in [6.07, 6.45) is 5.32. The van der Waals surface area contributed by atoms with Gasteiger partial charge in [0.2, 0.25) is 0 Å². The Morgan fingerprint density at radius 2 is 2.43 bits per heavy atom. The predicted octanol–water partition coefficient (Wildman–Crippen LogP) is 1.02. The Morgan fingerprint density at radius 1 is 1.64 bits per heavy atom. The molecule has 1 aliphatic rings. The van der Waals surface area contributed by atoms with Crippen molar-refractivity contribution in [2.75, 3.05) is 0 Å². The highest BCUT2D eigenvalue weighted by molar-refractivity contribution is 5.66. The molecule has 5 nitrogen and oxygen atoms in total. The standard InChI is InChI=1S/C9H13N3O2/c13-8(14)4-5-12-6-10-9(11-12)7-2-1-3-7/h6-7H,1-5H2,(H,13,14). The summed E-state index contributed by atoms with van der Waals surface area (Å²) in [5.74, 6) is 0.591. The normalized spacial score (nSPS) is 16.6. The molecule has 1 aliphatic carbocycles. The maximum Gasteiger partial charge on any atom is 0.305 e. The summed E-state index contributed by atoms with van der Waals surface area (Å²) in [6.45, 7) is 0.412. The summed E-state index contributed by atoms with van der Waals surface area (Å²) in [5.41, 5.74) is 0. The molecule has 0 radical (unpaired) electrons. The van der Waals surface area contributed by atoms with E-state index in [2.05, 4.69) is 10.1 Å². The molecule has 0 aliphatic heterocycles.